The molecule has 2 aromatic rings. The largest absolute Gasteiger partial charge is 0.387 e. The van der Waals surface area contributed by atoms with Crippen molar-refractivity contribution in [2.45, 2.75) is 31.5 Å². The van der Waals surface area contributed by atoms with Crippen LogP contribution in [0.4, 0.5) is 0 Å². The van der Waals surface area contributed by atoms with Crippen molar-refractivity contribution < 1.29 is 38.9 Å². The molecule has 9 heteroatoms. The Labute approximate surface area is 185 Å². The Kier molecular flexibility index (Phi) is 10.2. The van der Waals surface area contributed by atoms with Crippen molar-refractivity contribution in [3.63, 3.8) is 0 Å². The molecular weight excluding hydrogens is 418 g/mol. The molecule has 1 aliphatic rings. The van der Waals surface area contributed by atoms with Crippen LogP contribution in [0.15, 0.2) is 60.7 Å². The van der Waals surface area contributed by atoms with Gasteiger partial charge in [0.2, 0.25) is 0 Å². The third-order valence-corrected chi connectivity index (χ3v) is 4.39. The summed E-state index contributed by atoms with van der Waals surface area (Å²) in [7, 11) is 0. The Morgan fingerprint density at radius 2 is 1.03 bits per heavy atom. The van der Waals surface area contributed by atoms with Gasteiger partial charge in [-0.1, -0.05) is 42.8 Å². The number of piperidine rings is 1. The minimum Gasteiger partial charge on any atom is -0.387 e. The highest BCUT2D eigenvalue weighted by molar-refractivity contribution is 6.01. The Morgan fingerprint density at radius 3 is 1.31 bits per heavy atom. The smallest absolute Gasteiger partial charge is 0.346 e. The standard InChI is InChI=1S/C18H14O8.C5H11N/c19-13(17(23)25-15(21)11-7-3-1-4-8-11)14(20)18(24)26-16(22)12-9-5-2-6-10-12;1-2-4-6-5-3-1/h1-10,13-14,19-20H;6H,1-5H2. The van der Waals surface area contributed by atoms with E-state index >= 15 is 0 Å². The molecule has 170 valence electrons. The van der Waals surface area contributed by atoms with E-state index in [9.17, 15) is 29.4 Å². The Hall–Kier alpha value is -3.40. The molecule has 2 atom stereocenters. The first-order chi connectivity index (χ1) is 15.4. The summed E-state index contributed by atoms with van der Waals surface area (Å²) in [6.07, 6.45) is -0.593. The number of aliphatic hydroxyl groups excluding tert-OH is 2. The van der Waals surface area contributed by atoms with Gasteiger partial charge in [-0.25, -0.2) is 19.2 Å². The fourth-order valence-electron chi connectivity index (χ4n) is 2.63. The molecule has 0 spiro atoms. The lowest BCUT2D eigenvalue weighted by Crippen LogP contribution is -2.43. The number of carbonyl (C=O) groups is 4. The molecule has 1 heterocycles. The summed E-state index contributed by atoms with van der Waals surface area (Å²) in [6, 6.07) is 14.8. The minimum absolute atomic E-state index is 0.0318. The molecule has 1 fully saturated rings. The van der Waals surface area contributed by atoms with Crippen LogP contribution in [-0.2, 0) is 19.1 Å². The van der Waals surface area contributed by atoms with Crippen LogP contribution in [0.3, 0.4) is 0 Å². The first kappa shape index (κ1) is 24.9. The van der Waals surface area contributed by atoms with Gasteiger partial charge in [-0.3, -0.25) is 0 Å². The van der Waals surface area contributed by atoms with Gasteiger partial charge < -0.3 is 25.0 Å². The van der Waals surface area contributed by atoms with Gasteiger partial charge in [0.15, 0.2) is 12.2 Å². The summed E-state index contributed by atoms with van der Waals surface area (Å²) < 4.78 is 8.76. The maximum atomic E-state index is 11.7. The Bertz CT molecular complexity index is 816. The van der Waals surface area contributed by atoms with Gasteiger partial charge in [-0.2, -0.15) is 0 Å². The molecule has 0 aromatic heterocycles. The zero-order chi connectivity index (χ0) is 23.3. The molecule has 2 unspecified atom stereocenters. The number of ether oxygens (including phenoxy) is 2. The third-order valence-electron chi connectivity index (χ3n) is 4.39. The maximum Gasteiger partial charge on any atom is 0.346 e. The number of nitrogens with one attached hydrogen (secondary N) is 1. The predicted molar refractivity (Wildman–Crippen MR) is 112 cm³/mol. The van der Waals surface area contributed by atoms with Crippen LogP contribution in [-0.4, -0.2) is 59.4 Å². The lowest BCUT2D eigenvalue weighted by Gasteiger charge is -2.14. The van der Waals surface area contributed by atoms with Gasteiger partial charge in [0.05, 0.1) is 11.1 Å². The molecule has 1 saturated heterocycles. The van der Waals surface area contributed by atoms with Crippen LogP contribution in [0.1, 0.15) is 40.0 Å². The van der Waals surface area contributed by atoms with E-state index < -0.39 is 36.1 Å². The van der Waals surface area contributed by atoms with E-state index in [2.05, 4.69) is 14.8 Å². The molecule has 1 aliphatic heterocycles. The van der Waals surface area contributed by atoms with Crippen molar-refractivity contribution in [3.05, 3.63) is 71.8 Å². The van der Waals surface area contributed by atoms with Crippen molar-refractivity contribution in [2.24, 2.45) is 0 Å². The van der Waals surface area contributed by atoms with Crippen molar-refractivity contribution in [2.75, 3.05) is 13.1 Å². The second kappa shape index (κ2) is 13.1. The van der Waals surface area contributed by atoms with E-state index in [4.69, 9.17) is 0 Å². The predicted octanol–water partition coefficient (Wildman–Crippen LogP) is 1.24. The highest BCUT2D eigenvalue weighted by Gasteiger charge is 2.35. The number of carbonyl (C=O) groups excluding carboxylic acids is 4. The molecule has 3 N–H and O–H groups in total. The number of rotatable bonds is 5. The number of benzene rings is 2. The van der Waals surface area contributed by atoms with Crippen molar-refractivity contribution >= 4 is 23.9 Å². The molecule has 0 saturated carbocycles. The van der Waals surface area contributed by atoms with Crippen LogP contribution in [0.5, 0.6) is 0 Å². The highest BCUT2D eigenvalue weighted by Crippen LogP contribution is 2.07. The zero-order valence-corrected chi connectivity index (χ0v) is 17.3. The van der Waals surface area contributed by atoms with Crippen LogP contribution < -0.4 is 5.32 Å². The van der Waals surface area contributed by atoms with Gasteiger partial charge in [-0.15, -0.1) is 0 Å². The van der Waals surface area contributed by atoms with E-state index in [1.807, 2.05) is 0 Å². The van der Waals surface area contributed by atoms with Crippen LogP contribution in [0, 0.1) is 0 Å². The fraction of sp³-hybridized carbons (Fsp3) is 0.304. The summed E-state index contributed by atoms with van der Waals surface area (Å²) in [5.74, 6) is -5.27. The second-order valence-electron chi connectivity index (χ2n) is 6.85. The van der Waals surface area contributed by atoms with Crippen molar-refractivity contribution in [1.82, 2.24) is 5.32 Å². The Balaban J connectivity index is 0.000000520. The Morgan fingerprint density at radius 1 is 0.656 bits per heavy atom. The van der Waals surface area contributed by atoms with Crippen molar-refractivity contribution in [3.8, 4) is 0 Å². The quantitative estimate of drug-likeness (QED) is 0.460. The normalized spacial score (nSPS) is 14.7. The van der Waals surface area contributed by atoms with Gasteiger partial charge >= 0.3 is 23.9 Å². The molecule has 0 radical (unpaired) electrons. The number of hydrogen-bond donors (Lipinski definition) is 3. The van der Waals surface area contributed by atoms with Crippen LogP contribution in [0.2, 0.25) is 0 Å². The molecule has 9 nitrogen and oxygen atoms in total. The molecule has 32 heavy (non-hydrogen) atoms. The van der Waals surface area contributed by atoms with Crippen LogP contribution in [0.25, 0.3) is 0 Å². The summed E-state index contributed by atoms with van der Waals surface area (Å²) in [4.78, 5) is 46.8. The molecule has 0 aliphatic carbocycles. The van der Waals surface area contributed by atoms with Gasteiger partial charge in [0.25, 0.3) is 0 Å². The molecule has 0 bridgehead atoms. The van der Waals surface area contributed by atoms with Crippen molar-refractivity contribution in [1.29, 1.82) is 0 Å². The van der Waals surface area contributed by atoms with E-state index in [1.165, 1.54) is 80.9 Å². The first-order valence-electron chi connectivity index (χ1n) is 10.1. The topological polar surface area (TPSA) is 139 Å². The lowest BCUT2D eigenvalue weighted by molar-refractivity contribution is -0.166. The third kappa shape index (κ3) is 8.03. The summed E-state index contributed by atoms with van der Waals surface area (Å²) >= 11 is 0. The fourth-order valence-corrected chi connectivity index (χ4v) is 2.63. The van der Waals surface area contributed by atoms with E-state index in [1.54, 1.807) is 12.1 Å². The van der Waals surface area contributed by atoms with Crippen LogP contribution >= 0.6 is 0 Å². The van der Waals surface area contributed by atoms with Gasteiger partial charge in [-0.05, 0) is 50.2 Å². The minimum atomic E-state index is -2.40. The first-order valence-corrected chi connectivity index (χ1v) is 10.1. The van der Waals surface area contributed by atoms with E-state index in [0.29, 0.717) is 0 Å². The molecule has 0 amide bonds. The average Bonchev–Trinajstić information content (AvgIpc) is 2.85. The second-order valence-corrected chi connectivity index (χ2v) is 6.85. The van der Waals surface area contributed by atoms with Gasteiger partial charge in [0, 0.05) is 0 Å². The number of hydrogen-bond acceptors (Lipinski definition) is 9. The summed E-state index contributed by atoms with van der Waals surface area (Å²) in [6.45, 7) is 2.50. The van der Waals surface area contributed by atoms with E-state index in [-0.39, 0.29) is 11.1 Å². The molecular formula is C23H25NO8. The lowest BCUT2D eigenvalue weighted by atomic mass is 10.2. The maximum absolute atomic E-state index is 11.7. The zero-order valence-electron chi connectivity index (χ0n) is 17.3. The highest BCUT2D eigenvalue weighted by atomic mass is 16.6. The number of esters is 4. The molecule has 2 aromatic carbocycles. The van der Waals surface area contributed by atoms with E-state index in [0.717, 1.165) is 0 Å². The van der Waals surface area contributed by atoms with Gasteiger partial charge in [0.1, 0.15) is 0 Å². The summed E-state index contributed by atoms with van der Waals surface area (Å²) in [5.41, 5.74) is 0.0637. The number of aliphatic hydroxyl groups is 2. The summed E-state index contributed by atoms with van der Waals surface area (Å²) in [5, 5.41) is 22.6. The molecule has 3 rings (SSSR count). The SMILES string of the molecule is C1CCNCC1.O=C(OC(=O)C(O)C(O)C(=O)OC(=O)c1ccccc1)c1ccccc1. The average molecular weight is 443 g/mol. The monoisotopic (exact) mass is 443 g/mol.